The van der Waals surface area contributed by atoms with Gasteiger partial charge in [-0.2, -0.15) is 4.98 Å². The molecule has 0 saturated carbocycles. The molecule has 30 heavy (non-hydrogen) atoms. The van der Waals surface area contributed by atoms with Crippen LogP contribution in [0.25, 0.3) is 11.3 Å². The van der Waals surface area contributed by atoms with Crippen LogP contribution in [-0.2, 0) is 6.42 Å². The lowest BCUT2D eigenvalue weighted by atomic mass is 10.0. The first kappa shape index (κ1) is 19.4. The van der Waals surface area contributed by atoms with E-state index >= 15 is 0 Å². The van der Waals surface area contributed by atoms with Gasteiger partial charge in [-0.1, -0.05) is 47.6 Å². The van der Waals surface area contributed by atoms with Crippen molar-refractivity contribution >= 4 is 5.91 Å². The molecule has 1 N–H and O–H groups in total. The number of nitrogens with zero attached hydrogens (tertiary/aromatic N) is 3. The molecule has 1 amide bonds. The molecule has 0 spiro atoms. The molecule has 6 nitrogen and oxygen atoms in total. The van der Waals surface area contributed by atoms with Crippen LogP contribution in [0, 0.1) is 12.7 Å². The SMILES string of the molecule is Cc1noc(CC(NC(=O)c2ccc(-c3cccc(F)c3)nc2)c2ccccc2)n1. The van der Waals surface area contributed by atoms with Crippen LogP contribution in [0.5, 0.6) is 0 Å². The second-order valence-corrected chi connectivity index (χ2v) is 6.82. The van der Waals surface area contributed by atoms with E-state index in [1.165, 1.54) is 18.3 Å². The van der Waals surface area contributed by atoms with Crippen molar-refractivity contribution in [1.82, 2.24) is 20.4 Å². The maximum Gasteiger partial charge on any atom is 0.253 e. The number of rotatable bonds is 6. The number of aryl methyl sites for hydroxylation is 1. The molecule has 0 saturated heterocycles. The lowest BCUT2D eigenvalue weighted by Crippen LogP contribution is -2.30. The van der Waals surface area contributed by atoms with Crippen LogP contribution in [-0.4, -0.2) is 21.0 Å². The molecule has 0 aliphatic heterocycles. The molecule has 0 bridgehead atoms. The second-order valence-electron chi connectivity index (χ2n) is 6.82. The molecular formula is C23H19FN4O2. The van der Waals surface area contributed by atoms with E-state index in [4.69, 9.17) is 4.52 Å². The average Bonchev–Trinajstić information content (AvgIpc) is 3.18. The highest BCUT2D eigenvalue weighted by molar-refractivity contribution is 5.94. The molecule has 2 aromatic heterocycles. The summed E-state index contributed by atoms with van der Waals surface area (Å²) in [7, 11) is 0. The molecule has 2 heterocycles. The van der Waals surface area contributed by atoms with Gasteiger partial charge in [0.15, 0.2) is 5.82 Å². The molecule has 0 radical (unpaired) electrons. The molecule has 1 unspecified atom stereocenters. The van der Waals surface area contributed by atoms with Crippen molar-refractivity contribution in [2.45, 2.75) is 19.4 Å². The Morgan fingerprint density at radius 2 is 1.93 bits per heavy atom. The van der Waals surface area contributed by atoms with Crippen LogP contribution < -0.4 is 5.32 Å². The summed E-state index contributed by atoms with van der Waals surface area (Å²) in [6.45, 7) is 1.74. The Kier molecular flexibility index (Phi) is 5.61. The number of carbonyl (C=O) groups excluding carboxylic acids is 1. The summed E-state index contributed by atoms with van der Waals surface area (Å²) in [5.41, 5.74) is 2.56. The zero-order chi connectivity index (χ0) is 20.9. The number of hydrogen-bond donors (Lipinski definition) is 1. The molecule has 0 fully saturated rings. The third kappa shape index (κ3) is 4.57. The fourth-order valence-corrected chi connectivity index (χ4v) is 3.12. The Bertz CT molecular complexity index is 1140. The van der Waals surface area contributed by atoms with E-state index in [1.54, 1.807) is 31.2 Å². The zero-order valence-corrected chi connectivity index (χ0v) is 16.2. The van der Waals surface area contributed by atoms with Gasteiger partial charge < -0.3 is 9.84 Å². The summed E-state index contributed by atoms with van der Waals surface area (Å²) in [6, 6.07) is 18.8. The van der Waals surface area contributed by atoms with E-state index in [0.29, 0.717) is 35.0 Å². The number of amides is 1. The summed E-state index contributed by atoms with van der Waals surface area (Å²) >= 11 is 0. The van der Waals surface area contributed by atoms with Crippen molar-refractivity contribution in [3.05, 3.63) is 102 Å². The molecule has 2 aromatic carbocycles. The van der Waals surface area contributed by atoms with Crippen molar-refractivity contribution in [3.63, 3.8) is 0 Å². The third-order valence-electron chi connectivity index (χ3n) is 4.60. The van der Waals surface area contributed by atoms with Gasteiger partial charge in [0.2, 0.25) is 5.89 Å². The minimum atomic E-state index is -0.346. The van der Waals surface area contributed by atoms with Crippen molar-refractivity contribution < 1.29 is 13.7 Å². The van der Waals surface area contributed by atoms with Crippen LogP contribution >= 0.6 is 0 Å². The zero-order valence-electron chi connectivity index (χ0n) is 16.2. The summed E-state index contributed by atoms with van der Waals surface area (Å²) in [5, 5.41) is 6.82. The number of hydrogen-bond acceptors (Lipinski definition) is 5. The largest absolute Gasteiger partial charge is 0.345 e. The lowest BCUT2D eigenvalue weighted by molar-refractivity contribution is 0.0934. The van der Waals surface area contributed by atoms with Gasteiger partial charge in [0.25, 0.3) is 5.91 Å². The normalized spacial score (nSPS) is 11.8. The van der Waals surface area contributed by atoms with Crippen LogP contribution in [0.15, 0.2) is 77.4 Å². The highest BCUT2D eigenvalue weighted by Crippen LogP contribution is 2.20. The smallest absolute Gasteiger partial charge is 0.253 e. The average molecular weight is 402 g/mol. The summed E-state index contributed by atoms with van der Waals surface area (Å²) in [6.07, 6.45) is 1.85. The summed E-state index contributed by atoms with van der Waals surface area (Å²) < 4.78 is 18.7. The maximum absolute atomic E-state index is 13.4. The molecule has 0 aliphatic carbocycles. The topological polar surface area (TPSA) is 80.9 Å². The Morgan fingerprint density at radius 3 is 2.60 bits per heavy atom. The van der Waals surface area contributed by atoms with Gasteiger partial charge in [-0.25, -0.2) is 4.39 Å². The van der Waals surface area contributed by atoms with Crippen LogP contribution in [0.2, 0.25) is 0 Å². The monoisotopic (exact) mass is 402 g/mol. The molecule has 0 aliphatic rings. The van der Waals surface area contributed by atoms with Crippen molar-refractivity contribution in [2.24, 2.45) is 0 Å². The number of carbonyl (C=O) groups is 1. The number of benzene rings is 2. The molecule has 7 heteroatoms. The quantitative estimate of drug-likeness (QED) is 0.520. The van der Waals surface area contributed by atoms with E-state index in [0.717, 1.165) is 5.56 Å². The predicted octanol–water partition coefficient (Wildman–Crippen LogP) is 4.29. The predicted molar refractivity (Wildman–Crippen MR) is 109 cm³/mol. The minimum Gasteiger partial charge on any atom is -0.345 e. The lowest BCUT2D eigenvalue weighted by Gasteiger charge is -2.17. The standard InChI is InChI=1S/C23H19FN4O2/c1-15-26-22(30-28-15)13-21(16-6-3-2-4-7-16)27-23(29)18-10-11-20(25-14-18)17-8-5-9-19(24)12-17/h2-12,14,21H,13H2,1H3,(H,27,29). The van der Waals surface area contributed by atoms with Crippen LogP contribution in [0.3, 0.4) is 0 Å². The Hall–Kier alpha value is -3.87. The maximum atomic E-state index is 13.4. The van der Waals surface area contributed by atoms with Crippen LogP contribution in [0.4, 0.5) is 4.39 Å². The van der Waals surface area contributed by atoms with Gasteiger partial charge in [-0.05, 0) is 36.8 Å². The first-order valence-corrected chi connectivity index (χ1v) is 9.45. The summed E-state index contributed by atoms with van der Waals surface area (Å²) in [5.74, 6) is 0.373. The molecular weight excluding hydrogens is 383 g/mol. The van der Waals surface area contributed by atoms with E-state index in [2.05, 4.69) is 20.4 Å². The second kappa shape index (κ2) is 8.65. The van der Waals surface area contributed by atoms with Crippen molar-refractivity contribution in [1.29, 1.82) is 0 Å². The Balaban J connectivity index is 1.53. The third-order valence-corrected chi connectivity index (χ3v) is 4.60. The van der Waals surface area contributed by atoms with Gasteiger partial charge in [-0.15, -0.1) is 0 Å². The van der Waals surface area contributed by atoms with E-state index < -0.39 is 0 Å². The van der Waals surface area contributed by atoms with Gasteiger partial charge in [-0.3, -0.25) is 9.78 Å². The first-order valence-electron chi connectivity index (χ1n) is 9.45. The Labute approximate surface area is 172 Å². The van der Waals surface area contributed by atoms with E-state index in [9.17, 15) is 9.18 Å². The molecule has 150 valence electrons. The van der Waals surface area contributed by atoms with Gasteiger partial charge >= 0.3 is 0 Å². The number of aromatic nitrogens is 3. The number of halogens is 1. The fraction of sp³-hybridized carbons (Fsp3) is 0.130. The van der Waals surface area contributed by atoms with Gasteiger partial charge in [0.1, 0.15) is 5.82 Å². The summed E-state index contributed by atoms with van der Waals surface area (Å²) in [4.78, 5) is 21.4. The molecule has 1 atom stereocenters. The first-order chi connectivity index (χ1) is 14.6. The van der Waals surface area contributed by atoms with Gasteiger partial charge in [0.05, 0.1) is 23.7 Å². The highest BCUT2D eigenvalue weighted by atomic mass is 19.1. The number of pyridine rings is 1. The Morgan fingerprint density at radius 1 is 1.10 bits per heavy atom. The molecule has 4 rings (SSSR count). The van der Waals surface area contributed by atoms with Crippen LogP contribution in [0.1, 0.15) is 33.7 Å². The van der Waals surface area contributed by atoms with Gasteiger partial charge in [0, 0.05) is 11.8 Å². The van der Waals surface area contributed by atoms with E-state index in [-0.39, 0.29) is 17.8 Å². The minimum absolute atomic E-state index is 0.279. The van der Waals surface area contributed by atoms with E-state index in [1.807, 2.05) is 30.3 Å². The number of nitrogens with one attached hydrogen (secondary N) is 1. The highest BCUT2D eigenvalue weighted by Gasteiger charge is 2.19. The molecule has 4 aromatic rings. The fourth-order valence-electron chi connectivity index (χ4n) is 3.12. The van der Waals surface area contributed by atoms with Crippen molar-refractivity contribution in [2.75, 3.05) is 0 Å². The van der Waals surface area contributed by atoms with Crippen molar-refractivity contribution in [3.8, 4) is 11.3 Å².